The van der Waals surface area contributed by atoms with Gasteiger partial charge in [-0.1, -0.05) is 17.7 Å². The molecule has 0 aliphatic rings. The minimum absolute atomic E-state index is 0.172. The van der Waals surface area contributed by atoms with Gasteiger partial charge in [-0.05, 0) is 43.3 Å². The second-order valence-corrected chi connectivity index (χ2v) is 4.84. The first-order valence-electron chi connectivity index (χ1n) is 6.68. The average molecular weight is 296 g/mol. The summed E-state index contributed by atoms with van der Waals surface area (Å²) < 4.78 is 12.9. The third-order valence-electron chi connectivity index (χ3n) is 3.11. The number of hydrogen-bond acceptors (Lipinski definition) is 3. The first-order valence-corrected chi connectivity index (χ1v) is 6.68. The van der Waals surface area contributed by atoms with Gasteiger partial charge in [-0.15, -0.1) is 5.10 Å². The van der Waals surface area contributed by atoms with Crippen LogP contribution in [0.25, 0.3) is 11.4 Å². The number of benzene rings is 2. The number of carbonyl (C=O) groups is 1. The van der Waals surface area contributed by atoms with Gasteiger partial charge in [0.1, 0.15) is 5.82 Å². The van der Waals surface area contributed by atoms with Gasteiger partial charge in [0.15, 0.2) is 5.82 Å². The van der Waals surface area contributed by atoms with Crippen molar-refractivity contribution >= 4 is 11.9 Å². The molecular formula is C16H13FN4O. The summed E-state index contributed by atoms with van der Waals surface area (Å²) in [6.07, 6.45) is 0. The van der Waals surface area contributed by atoms with E-state index in [9.17, 15) is 9.18 Å². The second kappa shape index (κ2) is 5.77. The number of rotatable bonds is 3. The molecular weight excluding hydrogens is 283 g/mol. The van der Waals surface area contributed by atoms with E-state index in [1.165, 1.54) is 12.1 Å². The van der Waals surface area contributed by atoms with Crippen molar-refractivity contribution in [1.29, 1.82) is 0 Å². The summed E-state index contributed by atoms with van der Waals surface area (Å²) >= 11 is 0. The Labute approximate surface area is 126 Å². The molecule has 110 valence electrons. The molecule has 0 bridgehead atoms. The number of amides is 1. The molecule has 1 heterocycles. The van der Waals surface area contributed by atoms with Crippen molar-refractivity contribution in [3.8, 4) is 11.4 Å². The maximum Gasteiger partial charge on any atom is 0.258 e. The van der Waals surface area contributed by atoms with Crippen LogP contribution in [0.1, 0.15) is 15.9 Å². The van der Waals surface area contributed by atoms with Crippen LogP contribution < -0.4 is 5.32 Å². The lowest BCUT2D eigenvalue weighted by atomic mass is 10.1. The van der Waals surface area contributed by atoms with Crippen LogP contribution in [0.5, 0.6) is 0 Å². The van der Waals surface area contributed by atoms with Gasteiger partial charge in [-0.2, -0.15) is 4.98 Å². The van der Waals surface area contributed by atoms with Crippen LogP contribution in [-0.2, 0) is 0 Å². The summed E-state index contributed by atoms with van der Waals surface area (Å²) in [5.41, 5.74) is 2.22. The van der Waals surface area contributed by atoms with Gasteiger partial charge in [-0.3, -0.25) is 15.2 Å². The molecule has 1 aromatic heterocycles. The Morgan fingerprint density at radius 1 is 1.18 bits per heavy atom. The summed E-state index contributed by atoms with van der Waals surface area (Å²) in [6.45, 7) is 1.91. The molecule has 0 atom stereocenters. The second-order valence-electron chi connectivity index (χ2n) is 4.84. The molecule has 0 aliphatic heterocycles. The fourth-order valence-electron chi connectivity index (χ4n) is 2.01. The molecule has 0 fully saturated rings. The number of nitrogens with one attached hydrogen (secondary N) is 2. The molecule has 3 aromatic rings. The molecule has 2 aromatic carbocycles. The lowest BCUT2D eigenvalue weighted by Gasteiger charge is -2.01. The molecule has 0 saturated heterocycles. The summed E-state index contributed by atoms with van der Waals surface area (Å²) in [4.78, 5) is 16.3. The maximum atomic E-state index is 12.9. The van der Waals surface area contributed by atoms with Crippen molar-refractivity contribution in [2.24, 2.45) is 0 Å². The summed E-state index contributed by atoms with van der Waals surface area (Å²) in [6, 6.07) is 13.1. The van der Waals surface area contributed by atoms with E-state index >= 15 is 0 Å². The van der Waals surface area contributed by atoms with Gasteiger partial charge in [0.05, 0.1) is 0 Å². The molecule has 0 radical (unpaired) electrons. The first-order chi connectivity index (χ1) is 10.6. The van der Waals surface area contributed by atoms with Crippen molar-refractivity contribution in [1.82, 2.24) is 15.2 Å². The number of anilines is 1. The van der Waals surface area contributed by atoms with Crippen molar-refractivity contribution in [3.05, 3.63) is 65.5 Å². The van der Waals surface area contributed by atoms with E-state index in [1.54, 1.807) is 24.3 Å². The zero-order valence-corrected chi connectivity index (χ0v) is 11.8. The number of aromatic amines is 1. The van der Waals surface area contributed by atoms with E-state index < -0.39 is 0 Å². The molecule has 0 spiro atoms. The third-order valence-corrected chi connectivity index (χ3v) is 3.11. The Morgan fingerprint density at radius 3 is 2.68 bits per heavy atom. The fourth-order valence-corrected chi connectivity index (χ4v) is 2.01. The standard InChI is InChI=1S/C16H13FN4O/c1-10-3-2-4-12(9-10)15(22)19-16-18-14(20-21-16)11-5-7-13(17)8-6-11/h2-9H,1H3,(H2,18,19,20,21,22). The Bertz CT molecular complexity index is 811. The number of carbonyl (C=O) groups excluding carboxylic acids is 1. The van der Waals surface area contributed by atoms with Gasteiger partial charge in [0.25, 0.3) is 5.91 Å². The highest BCUT2D eigenvalue weighted by Gasteiger charge is 2.10. The van der Waals surface area contributed by atoms with Gasteiger partial charge < -0.3 is 0 Å². The van der Waals surface area contributed by atoms with Crippen molar-refractivity contribution in [2.75, 3.05) is 5.32 Å². The Balaban J connectivity index is 1.77. The minimum Gasteiger partial charge on any atom is -0.289 e. The van der Waals surface area contributed by atoms with Crippen molar-refractivity contribution < 1.29 is 9.18 Å². The lowest BCUT2D eigenvalue weighted by molar-refractivity contribution is 0.102. The molecule has 0 unspecified atom stereocenters. The Kier molecular flexibility index (Phi) is 3.65. The highest BCUT2D eigenvalue weighted by Crippen LogP contribution is 2.16. The smallest absolute Gasteiger partial charge is 0.258 e. The first kappa shape index (κ1) is 13.9. The van der Waals surface area contributed by atoms with Crippen molar-refractivity contribution in [3.63, 3.8) is 0 Å². The predicted molar refractivity (Wildman–Crippen MR) is 80.9 cm³/mol. The van der Waals surface area contributed by atoms with E-state index in [4.69, 9.17) is 0 Å². The van der Waals surface area contributed by atoms with Gasteiger partial charge in [0, 0.05) is 11.1 Å². The summed E-state index contributed by atoms with van der Waals surface area (Å²) in [7, 11) is 0. The fraction of sp³-hybridized carbons (Fsp3) is 0.0625. The van der Waals surface area contributed by atoms with Crippen molar-refractivity contribution in [2.45, 2.75) is 6.92 Å². The lowest BCUT2D eigenvalue weighted by Crippen LogP contribution is -2.13. The van der Waals surface area contributed by atoms with Gasteiger partial charge in [0.2, 0.25) is 5.95 Å². The molecule has 5 nitrogen and oxygen atoms in total. The van der Waals surface area contributed by atoms with Crippen LogP contribution >= 0.6 is 0 Å². The summed E-state index contributed by atoms with van der Waals surface area (Å²) in [5, 5.41) is 9.27. The molecule has 1 amide bonds. The summed E-state index contributed by atoms with van der Waals surface area (Å²) in [5.74, 6) is 0.0231. The van der Waals surface area contributed by atoms with E-state index in [0.29, 0.717) is 17.0 Å². The monoisotopic (exact) mass is 296 g/mol. The zero-order valence-electron chi connectivity index (χ0n) is 11.8. The maximum absolute atomic E-state index is 12.9. The molecule has 0 aliphatic carbocycles. The van der Waals surface area contributed by atoms with E-state index in [2.05, 4.69) is 20.5 Å². The van der Waals surface area contributed by atoms with Gasteiger partial charge >= 0.3 is 0 Å². The van der Waals surface area contributed by atoms with E-state index in [1.807, 2.05) is 19.1 Å². The highest BCUT2D eigenvalue weighted by atomic mass is 19.1. The molecule has 2 N–H and O–H groups in total. The van der Waals surface area contributed by atoms with Gasteiger partial charge in [-0.25, -0.2) is 4.39 Å². The van der Waals surface area contributed by atoms with Crippen LogP contribution in [-0.4, -0.2) is 21.1 Å². The molecule has 3 rings (SSSR count). The average Bonchev–Trinajstić information content (AvgIpc) is 2.96. The highest BCUT2D eigenvalue weighted by molar-refractivity contribution is 6.03. The van der Waals surface area contributed by atoms with Crippen LogP contribution in [0.2, 0.25) is 0 Å². The van der Waals surface area contributed by atoms with E-state index in [-0.39, 0.29) is 17.7 Å². The topological polar surface area (TPSA) is 70.7 Å². The number of H-pyrrole nitrogens is 1. The molecule has 6 heteroatoms. The Morgan fingerprint density at radius 2 is 1.95 bits per heavy atom. The van der Waals surface area contributed by atoms with E-state index in [0.717, 1.165) is 5.56 Å². The van der Waals surface area contributed by atoms with Crippen LogP contribution in [0.3, 0.4) is 0 Å². The molecule has 0 saturated carbocycles. The predicted octanol–water partition coefficient (Wildman–Crippen LogP) is 3.17. The SMILES string of the molecule is Cc1cccc(C(=O)Nc2n[nH]c(-c3ccc(F)cc3)n2)c1. The normalized spacial score (nSPS) is 10.5. The van der Waals surface area contributed by atoms with Crippen LogP contribution in [0.4, 0.5) is 10.3 Å². The third kappa shape index (κ3) is 3.01. The van der Waals surface area contributed by atoms with Crippen LogP contribution in [0, 0.1) is 12.7 Å². The number of aryl methyl sites for hydroxylation is 1. The molecule has 22 heavy (non-hydrogen) atoms. The number of aromatic nitrogens is 3. The van der Waals surface area contributed by atoms with Crippen LogP contribution in [0.15, 0.2) is 48.5 Å². The number of nitrogens with zero attached hydrogens (tertiary/aromatic N) is 2. The number of halogens is 1. The quantitative estimate of drug-likeness (QED) is 0.780. The zero-order chi connectivity index (χ0) is 15.5. The largest absolute Gasteiger partial charge is 0.289 e. The Hall–Kier alpha value is -3.02. The number of hydrogen-bond donors (Lipinski definition) is 2. The minimum atomic E-state index is -0.323.